The quantitative estimate of drug-likeness (QED) is 0.173. The summed E-state index contributed by atoms with van der Waals surface area (Å²) in [6, 6.07) is 49.2. The maximum atomic E-state index is 2.55. The van der Waals surface area contributed by atoms with E-state index in [9.17, 15) is 0 Å². The Balaban J connectivity index is 1.25. The van der Waals surface area contributed by atoms with Gasteiger partial charge in [-0.1, -0.05) is 137 Å². The first-order valence-electron chi connectivity index (χ1n) is 19.3. The third-order valence-electron chi connectivity index (χ3n) is 12.5. The molecule has 50 heavy (non-hydrogen) atoms. The summed E-state index contributed by atoms with van der Waals surface area (Å²) in [5.74, 6) is 1.38. The Kier molecular flexibility index (Phi) is 8.11. The Morgan fingerprint density at radius 2 is 1.02 bits per heavy atom. The summed E-state index contributed by atoms with van der Waals surface area (Å²) in [4.78, 5) is 2.55. The zero-order valence-electron chi connectivity index (χ0n) is 29.8. The van der Waals surface area contributed by atoms with Gasteiger partial charge in [-0.05, 0) is 130 Å². The highest BCUT2D eigenvalue weighted by Gasteiger charge is 2.37. The summed E-state index contributed by atoms with van der Waals surface area (Å²) in [6.45, 7) is 4.80. The predicted molar refractivity (Wildman–Crippen MR) is 213 cm³/mol. The lowest BCUT2D eigenvalue weighted by Crippen LogP contribution is -2.17. The monoisotopic (exact) mass is 651 g/mol. The number of fused-ring (bicyclic) bond motifs is 4. The van der Waals surface area contributed by atoms with Crippen molar-refractivity contribution in [2.24, 2.45) is 0 Å². The van der Waals surface area contributed by atoms with Gasteiger partial charge in [0.1, 0.15) is 0 Å². The van der Waals surface area contributed by atoms with E-state index < -0.39 is 0 Å². The molecule has 250 valence electrons. The van der Waals surface area contributed by atoms with Gasteiger partial charge in [-0.3, -0.25) is 0 Å². The Bertz CT molecular complexity index is 2080. The van der Waals surface area contributed by atoms with Gasteiger partial charge in [0.25, 0.3) is 0 Å². The zero-order chi connectivity index (χ0) is 33.7. The molecule has 0 saturated heterocycles. The highest BCUT2D eigenvalue weighted by molar-refractivity contribution is 5.97. The summed E-state index contributed by atoms with van der Waals surface area (Å²) in [7, 11) is 0. The van der Waals surface area contributed by atoms with Crippen LogP contribution in [-0.4, -0.2) is 0 Å². The minimum Gasteiger partial charge on any atom is -0.310 e. The van der Waals surface area contributed by atoms with E-state index in [2.05, 4.69) is 146 Å². The molecule has 3 aliphatic rings. The molecular formula is C49H49N. The highest BCUT2D eigenvalue weighted by Crippen LogP contribution is 2.53. The molecular weight excluding hydrogens is 603 g/mol. The minimum atomic E-state index is -0.0933. The van der Waals surface area contributed by atoms with E-state index in [1.807, 2.05) is 0 Å². The van der Waals surface area contributed by atoms with Crippen molar-refractivity contribution < 1.29 is 0 Å². The van der Waals surface area contributed by atoms with Crippen LogP contribution in [0.15, 0.2) is 127 Å². The number of hydrogen-bond acceptors (Lipinski definition) is 1. The van der Waals surface area contributed by atoms with Crippen LogP contribution in [0.3, 0.4) is 0 Å². The topological polar surface area (TPSA) is 3.24 Å². The van der Waals surface area contributed by atoms with E-state index >= 15 is 0 Å². The average molecular weight is 652 g/mol. The highest BCUT2D eigenvalue weighted by atomic mass is 15.1. The maximum absolute atomic E-state index is 2.55. The van der Waals surface area contributed by atoms with Crippen LogP contribution in [0.5, 0.6) is 0 Å². The Morgan fingerprint density at radius 1 is 0.460 bits per heavy atom. The molecule has 6 aromatic carbocycles. The number of benzene rings is 6. The Hall–Kier alpha value is -4.62. The lowest BCUT2D eigenvalue weighted by molar-refractivity contribution is 0.443. The van der Waals surface area contributed by atoms with Crippen molar-refractivity contribution in [2.75, 3.05) is 4.90 Å². The van der Waals surface area contributed by atoms with Gasteiger partial charge < -0.3 is 4.90 Å². The van der Waals surface area contributed by atoms with Gasteiger partial charge in [-0.15, -0.1) is 0 Å². The molecule has 9 rings (SSSR count). The van der Waals surface area contributed by atoms with Gasteiger partial charge in [0.15, 0.2) is 0 Å². The van der Waals surface area contributed by atoms with Crippen molar-refractivity contribution in [2.45, 2.75) is 95.3 Å². The molecule has 0 bridgehead atoms. The fourth-order valence-electron chi connectivity index (χ4n) is 9.60. The fourth-order valence-corrected chi connectivity index (χ4v) is 9.60. The van der Waals surface area contributed by atoms with Crippen LogP contribution in [0.2, 0.25) is 0 Å². The number of hydrogen-bond donors (Lipinski definition) is 0. The summed E-state index contributed by atoms with van der Waals surface area (Å²) < 4.78 is 0. The van der Waals surface area contributed by atoms with E-state index in [0.717, 1.165) is 0 Å². The number of anilines is 3. The van der Waals surface area contributed by atoms with Crippen molar-refractivity contribution in [3.63, 3.8) is 0 Å². The van der Waals surface area contributed by atoms with Crippen molar-refractivity contribution in [1.82, 2.24) is 0 Å². The van der Waals surface area contributed by atoms with Crippen molar-refractivity contribution in [1.29, 1.82) is 0 Å². The van der Waals surface area contributed by atoms with Gasteiger partial charge in [0, 0.05) is 22.4 Å². The number of nitrogens with zero attached hydrogens (tertiary/aromatic N) is 1. The fraction of sp³-hybridized carbons (Fsp3) is 0.306. The second kappa shape index (κ2) is 12.9. The van der Waals surface area contributed by atoms with Gasteiger partial charge in [-0.2, -0.15) is 0 Å². The molecule has 0 aromatic heterocycles. The third kappa shape index (κ3) is 5.56. The van der Waals surface area contributed by atoms with Gasteiger partial charge >= 0.3 is 0 Å². The molecule has 6 aromatic rings. The van der Waals surface area contributed by atoms with E-state index in [1.165, 1.54) is 137 Å². The maximum Gasteiger partial charge on any atom is 0.0543 e. The Labute approximate surface area is 299 Å². The first kappa shape index (κ1) is 31.4. The van der Waals surface area contributed by atoms with Gasteiger partial charge in [0.05, 0.1) is 5.69 Å². The largest absolute Gasteiger partial charge is 0.310 e. The summed E-state index contributed by atoms with van der Waals surface area (Å²) in [6.07, 6.45) is 13.5. The van der Waals surface area contributed by atoms with Crippen LogP contribution < -0.4 is 4.90 Å². The summed E-state index contributed by atoms with van der Waals surface area (Å²) in [5.41, 5.74) is 14.7. The lowest BCUT2D eigenvalue weighted by Gasteiger charge is -2.31. The molecule has 0 aliphatic heterocycles. The van der Waals surface area contributed by atoms with E-state index in [1.54, 1.807) is 0 Å². The molecule has 1 nitrogen and oxygen atoms in total. The average Bonchev–Trinajstić information content (AvgIpc) is 3.41. The second-order valence-electron chi connectivity index (χ2n) is 15.8. The van der Waals surface area contributed by atoms with Crippen LogP contribution in [0.1, 0.15) is 112 Å². The molecule has 0 heterocycles. The molecule has 0 atom stereocenters. The Morgan fingerprint density at radius 3 is 1.64 bits per heavy atom. The van der Waals surface area contributed by atoms with Crippen molar-refractivity contribution in [3.05, 3.63) is 150 Å². The molecule has 0 spiro atoms. The first-order chi connectivity index (χ1) is 24.5. The van der Waals surface area contributed by atoms with Crippen molar-refractivity contribution in [3.8, 4) is 22.3 Å². The lowest BCUT2D eigenvalue weighted by atomic mass is 9.81. The molecule has 0 radical (unpaired) electrons. The molecule has 1 heteroatoms. The standard InChI is InChI=1S/C49H49N/c1-49(2)46-20-12-11-19-43(46)45-32-44(40-22-21-36-17-9-10-18-39(36)31-40)48(33-47(45)49)50(41-27-23-37(24-28-41)34-13-5-3-6-14-34)42-29-25-38(26-30-42)35-15-7-4-8-16-35/h9-12,17-35H,3-8,13-16H2,1-2H3. The summed E-state index contributed by atoms with van der Waals surface area (Å²) >= 11 is 0. The van der Waals surface area contributed by atoms with Crippen LogP contribution in [-0.2, 0) is 5.41 Å². The third-order valence-corrected chi connectivity index (χ3v) is 12.5. The SMILES string of the molecule is CC1(C)c2ccccc2-c2cc(-c3ccc4ccccc4c3)c(N(c3ccc(C4CCCCC4)cc3)c3ccc(C4CCCCC4)cc3)cc21. The van der Waals surface area contributed by atoms with Crippen LogP contribution >= 0.6 is 0 Å². The van der Waals surface area contributed by atoms with Crippen molar-refractivity contribution >= 4 is 27.8 Å². The molecule has 0 N–H and O–H groups in total. The molecule has 0 amide bonds. The van der Waals surface area contributed by atoms with Crippen LogP contribution in [0, 0.1) is 0 Å². The minimum absolute atomic E-state index is 0.0933. The van der Waals surface area contributed by atoms with Crippen LogP contribution in [0.4, 0.5) is 17.1 Å². The van der Waals surface area contributed by atoms with E-state index in [4.69, 9.17) is 0 Å². The van der Waals surface area contributed by atoms with Crippen LogP contribution in [0.25, 0.3) is 33.0 Å². The number of rotatable bonds is 6. The van der Waals surface area contributed by atoms with E-state index in [0.29, 0.717) is 11.8 Å². The van der Waals surface area contributed by atoms with Gasteiger partial charge in [0.2, 0.25) is 0 Å². The molecule has 0 unspecified atom stereocenters. The zero-order valence-corrected chi connectivity index (χ0v) is 29.8. The molecule has 2 fully saturated rings. The normalized spacial score (nSPS) is 17.4. The first-order valence-corrected chi connectivity index (χ1v) is 19.3. The molecule has 2 saturated carbocycles. The summed E-state index contributed by atoms with van der Waals surface area (Å²) in [5, 5.41) is 2.55. The second-order valence-corrected chi connectivity index (χ2v) is 15.8. The van der Waals surface area contributed by atoms with Gasteiger partial charge in [-0.25, -0.2) is 0 Å². The molecule has 3 aliphatic carbocycles. The van der Waals surface area contributed by atoms with E-state index in [-0.39, 0.29) is 5.41 Å². The predicted octanol–water partition coefficient (Wildman–Crippen LogP) is 14.4. The smallest absolute Gasteiger partial charge is 0.0543 e.